The van der Waals surface area contributed by atoms with Crippen LogP contribution in [0, 0.1) is 0 Å². The number of carbonyl (C=O) groups excluding carboxylic acids is 1. The summed E-state index contributed by atoms with van der Waals surface area (Å²) in [5.74, 6) is -0.178. The van der Waals surface area contributed by atoms with E-state index in [2.05, 4.69) is 14.9 Å². The monoisotopic (exact) mass is 442 g/mol. The number of hydrogen-bond acceptors (Lipinski definition) is 6. The number of aromatic nitrogens is 2. The highest BCUT2D eigenvalue weighted by atomic mass is 35.5. The van der Waals surface area contributed by atoms with Crippen molar-refractivity contribution in [3.05, 3.63) is 52.9 Å². The quantitative estimate of drug-likeness (QED) is 0.634. The Labute approximate surface area is 177 Å². The molecule has 1 aliphatic heterocycles. The van der Waals surface area contributed by atoms with Crippen molar-refractivity contribution in [2.24, 2.45) is 0 Å². The average molecular weight is 443 g/mol. The molecule has 2 aromatic rings. The van der Waals surface area contributed by atoms with E-state index in [0.717, 1.165) is 12.1 Å². The third-order valence-electron chi connectivity index (χ3n) is 4.85. The van der Waals surface area contributed by atoms with Crippen LogP contribution < -0.4 is 4.90 Å². The van der Waals surface area contributed by atoms with Crippen LogP contribution in [0.1, 0.15) is 24.6 Å². The van der Waals surface area contributed by atoms with Gasteiger partial charge < -0.3 is 9.64 Å². The number of alkyl halides is 3. The van der Waals surface area contributed by atoms with Crippen molar-refractivity contribution in [3.63, 3.8) is 0 Å². The minimum Gasteiger partial charge on any atom is -0.466 e. The van der Waals surface area contributed by atoms with Gasteiger partial charge in [0.15, 0.2) is 16.7 Å². The molecule has 0 N–H and O–H groups in total. The van der Waals surface area contributed by atoms with Crippen molar-refractivity contribution < 1.29 is 22.7 Å². The fourth-order valence-corrected chi connectivity index (χ4v) is 3.71. The number of hydrogen-bond donors (Lipinski definition) is 0. The maximum atomic E-state index is 12.9. The maximum Gasteiger partial charge on any atom is 0.434 e. The Kier molecular flexibility index (Phi) is 7.14. The molecule has 0 radical (unpaired) electrons. The lowest BCUT2D eigenvalue weighted by molar-refractivity contribution is -0.142. The lowest BCUT2D eigenvalue weighted by Crippen LogP contribution is -2.53. The van der Waals surface area contributed by atoms with Crippen LogP contribution in [0.25, 0.3) is 0 Å². The zero-order valence-corrected chi connectivity index (χ0v) is 17.2. The number of ether oxygens (including phenoxy) is 1. The Morgan fingerprint density at radius 3 is 2.63 bits per heavy atom. The first-order valence-electron chi connectivity index (χ1n) is 9.50. The summed E-state index contributed by atoms with van der Waals surface area (Å²) in [7, 11) is 0. The molecule has 0 amide bonds. The number of esters is 1. The minimum atomic E-state index is -4.61. The molecule has 6 nitrogen and oxygen atoms in total. The molecule has 0 bridgehead atoms. The summed E-state index contributed by atoms with van der Waals surface area (Å²) in [6, 6.07) is 9.83. The molecule has 1 fully saturated rings. The Morgan fingerprint density at radius 1 is 1.27 bits per heavy atom. The van der Waals surface area contributed by atoms with E-state index >= 15 is 0 Å². The van der Waals surface area contributed by atoms with E-state index in [-0.39, 0.29) is 29.6 Å². The number of carbonyl (C=O) groups is 1. The Balaban J connectivity index is 1.77. The van der Waals surface area contributed by atoms with Crippen LogP contribution in [-0.4, -0.2) is 53.1 Å². The van der Waals surface area contributed by atoms with Gasteiger partial charge in [0.25, 0.3) is 0 Å². The molecule has 2 heterocycles. The van der Waals surface area contributed by atoms with Crippen molar-refractivity contribution in [1.82, 2.24) is 14.9 Å². The van der Waals surface area contributed by atoms with Gasteiger partial charge in [0.1, 0.15) is 0 Å². The lowest BCUT2D eigenvalue weighted by Gasteiger charge is -2.42. The van der Waals surface area contributed by atoms with Crippen molar-refractivity contribution in [2.45, 2.75) is 32.1 Å². The fraction of sp³-hybridized carbons (Fsp3) is 0.450. The molecule has 0 aliphatic carbocycles. The van der Waals surface area contributed by atoms with Crippen molar-refractivity contribution in [2.75, 3.05) is 31.1 Å². The number of nitrogens with zero attached hydrogens (tertiary/aromatic N) is 4. The van der Waals surface area contributed by atoms with E-state index in [1.807, 2.05) is 35.2 Å². The van der Waals surface area contributed by atoms with E-state index in [1.165, 1.54) is 6.92 Å². The number of piperazine rings is 1. The molecular formula is C20H22ClF3N4O2. The summed E-state index contributed by atoms with van der Waals surface area (Å²) >= 11 is 6.07. The predicted octanol–water partition coefficient (Wildman–Crippen LogP) is 3.79. The molecule has 1 unspecified atom stereocenters. The van der Waals surface area contributed by atoms with Crippen molar-refractivity contribution in [3.8, 4) is 0 Å². The topological polar surface area (TPSA) is 58.6 Å². The van der Waals surface area contributed by atoms with Crippen LogP contribution >= 0.6 is 11.6 Å². The van der Waals surface area contributed by atoms with Crippen LogP contribution in [-0.2, 0) is 22.3 Å². The van der Waals surface area contributed by atoms with Gasteiger partial charge in [0, 0.05) is 45.6 Å². The first-order chi connectivity index (χ1) is 14.2. The van der Waals surface area contributed by atoms with Crippen molar-refractivity contribution in [1.29, 1.82) is 0 Å². The largest absolute Gasteiger partial charge is 0.466 e. The van der Waals surface area contributed by atoms with Gasteiger partial charge in [-0.3, -0.25) is 9.69 Å². The first kappa shape index (κ1) is 22.3. The highest BCUT2D eigenvalue weighted by Gasteiger charge is 2.35. The molecule has 1 aromatic carbocycles. The van der Waals surface area contributed by atoms with E-state index < -0.39 is 11.9 Å². The Morgan fingerprint density at radius 2 is 2.00 bits per heavy atom. The fourth-order valence-electron chi connectivity index (χ4n) is 3.46. The number of rotatable bonds is 6. The normalized spacial score (nSPS) is 17.8. The van der Waals surface area contributed by atoms with Crippen LogP contribution in [0.2, 0.25) is 5.15 Å². The second-order valence-electron chi connectivity index (χ2n) is 7.06. The van der Waals surface area contributed by atoms with E-state index in [1.54, 1.807) is 0 Å². The smallest absolute Gasteiger partial charge is 0.434 e. The summed E-state index contributed by atoms with van der Waals surface area (Å²) in [5.41, 5.74) is 0.0347. The van der Waals surface area contributed by atoms with Gasteiger partial charge >= 0.3 is 12.1 Å². The SMILES string of the molecule is CC(=O)OCCC1CN(Cc2ccccc2)CCN1c1ncc(C(F)(F)F)nc1Cl. The Bertz CT molecular complexity index is 867. The standard InChI is InChI=1S/C20H22ClF3N4O2/c1-14(29)30-10-7-16-13-27(12-15-5-3-2-4-6-15)8-9-28(16)19-18(21)26-17(11-25-19)20(22,23)24/h2-6,11,16H,7-10,12-13H2,1H3. The average Bonchev–Trinajstić information content (AvgIpc) is 2.68. The molecule has 3 rings (SSSR count). The minimum absolute atomic E-state index is 0.148. The van der Waals surface area contributed by atoms with Crippen LogP contribution in [0.3, 0.4) is 0 Å². The van der Waals surface area contributed by atoms with E-state index in [4.69, 9.17) is 16.3 Å². The molecule has 1 aliphatic rings. The van der Waals surface area contributed by atoms with Crippen molar-refractivity contribution >= 4 is 23.4 Å². The third-order valence-corrected chi connectivity index (χ3v) is 5.10. The van der Waals surface area contributed by atoms with Gasteiger partial charge in [-0.1, -0.05) is 41.9 Å². The summed E-state index contributed by atoms with van der Waals surface area (Å²) in [6.07, 6.45) is -3.43. The summed E-state index contributed by atoms with van der Waals surface area (Å²) < 4.78 is 43.7. The van der Waals surface area contributed by atoms with Gasteiger partial charge in [0.2, 0.25) is 0 Å². The molecule has 0 spiro atoms. The lowest BCUT2D eigenvalue weighted by atomic mass is 10.1. The molecule has 162 valence electrons. The van der Waals surface area contributed by atoms with Crippen LogP contribution in [0.5, 0.6) is 0 Å². The second kappa shape index (κ2) is 9.61. The van der Waals surface area contributed by atoms with E-state index in [9.17, 15) is 18.0 Å². The van der Waals surface area contributed by atoms with Gasteiger partial charge in [-0.05, 0) is 5.56 Å². The zero-order valence-electron chi connectivity index (χ0n) is 16.4. The summed E-state index contributed by atoms with van der Waals surface area (Å²) in [4.78, 5) is 22.7. The molecule has 1 aromatic heterocycles. The number of anilines is 1. The van der Waals surface area contributed by atoms with Gasteiger partial charge in [-0.2, -0.15) is 13.2 Å². The van der Waals surface area contributed by atoms with Crippen LogP contribution in [0.4, 0.5) is 19.0 Å². The van der Waals surface area contributed by atoms with Gasteiger partial charge in [0.05, 0.1) is 12.8 Å². The first-order valence-corrected chi connectivity index (χ1v) is 9.88. The zero-order chi connectivity index (χ0) is 21.7. The number of halogens is 4. The molecule has 0 saturated carbocycles. The second-order valence-corrected chi connectivity index (χ2v) is 7.42. The molecule has 10 heteroatoms. The summed E-state index contributed by atoms with van der Waals surface area (Å²) in [6.45, 7) is 4.08. The highest BCUT2D eigenvalue weighted by molar-refractivity contribution is 6.31. The molecule has 1 saturated heterocycles. The van der Waals surface area contributed by atoms with Gasteiger partial charge in [-0.25, -0.2) is 9.97 Å². The highest BCUT2D eigenvalue weighted by Crippen LogP contribution is 2.32. The summed E-state index contributed by atoms with van der Waals surface area (Å²) in [5, 5.41) is -0.293. The number of benzene rings is 1. The predicted molar refractivity (Wildman–Crippen MR) is 106 cm³/mol. The maximum absolute atomic E-state index is 12.9. The molecule has 1 atom stereocenters. The van der Waals surface area contributed by atoms with Gasteiger partial charge in [-0.15, -0.1) is 0 Å². The third kappa shape index (κ3) is 5.82. The molecule has 30 heavy (non-hydrogen) atoms. The van der Waals surface area contributed by atoms with E-state index in [0.29, 0.717) is 32.3 Å². The molecular weight excluding hydrogens is 421 g/mol. The Hall–Kier alpha value is -2.39. The van der Waals surface area contributed by atoms with Crippen LogP contribution in [0.15, 0.2) is 36.5 Å².